The molecule has 4 heterocycles. The van der Waals surface area contributed by atoms with Gasteiger partial charge in [-0.15, -0.1) is 34.4 Å². The molecular formula is C22H15BrN2O5S4. The highest BCUT2D eigenvalue weighted by molar-refractivity contribution is 9.11. The van der Waals surface area contributed by atoms with Crippen molar-refractivity contribution in [1.29, 1.82) is 0 Å². The number of nitrogens with one attached hydrogen (secondary N) is 1. The number of fused-ring (bicyclic) bond motifs is 2. The van der Waals surface area contributed by atoms with Crippen LogP contribution in [0.2, 0.25) is 0 Å². The van der Waals surface area contributed by atoms with Crippen LogP contribution in [-0.2, 0) is 20.8 Å². The maximum Gasteiger partial charge on any atom is 0.353 e. The van der Waals surface area contributed by atoms with Gasteiger partial charge in [0, 0.05) is 16.7 Å². The molecule has 2 aliphatic rings. The number of thioether (sulfide) groups is 2. The van der Waals surface area contributed by atoms with Gasteiger partial charge in [0.25, 0.3) is 5.91 Å². The molecule has 2 atom stereocenters. The molecule has 1 saturated heterocycles. The SMILES string of the molecule is O=C(Cc1ccccc1)NC1C(=O)N2C(C(=O)O)=C(Sc3cc(=O)c4cc(Br)sc4s3)CS[C@@H]12. The Balaban J connectivity index is 1.35. The van der Waals surface area contributed by atoms with Crippen LogP contribution in [0.1, 0.15) is 5.56 Å². The number of aliphatic carboxylic acids is 1. The van der Waals surface area contributed by atoms with Crippen LogP contribution in [0.3, 0.4) is 0 Å². The number of rotatable bonds is 6. The summed E-state index contributed by atoms with van der Waals surface area (Å²) >= 11 is 8.87. The summed E-state index contributed by atoms with van der Waals surface area (Å²) in [7, 11) is 0. The summed E-state index contributed by atoms with van der Waals surface area (Å²) < 4.78 is 2.37. The van der Waals surface area contributed by atoms with Gasteiger partial charge < -0.3 is 10.4 Å². The van der Waals surface area contributed by atoms with Crippen molar-refractivity contribution in [2.45, 2.75) is 22.0 Å². The first-order chi connectivity index (χ1) is 16.3. The monoisotopic (exact) mass is 594 g/mol. The van der Waals surface area contributed by atoms with Gasteiger partial charge in [-0.25, -0.2) is 4.79 Å². The van der Waals surface area contributed by atoms with E-state index in [9.17, 15) is 24.3 Å². The van der Waals surface area contributed by atoms with Crippen molar-refractivity contribution >= 4 is 89.3 Å². The summed E-state index contributed by atoms with van der Waals surface area (Å²) in [4.78, 5) is 51.6. The van der Waals surface area contributed by atoms with E-state index in [1.54, 1.807) is 6.07 Å². The zero-order chi connectivity index (χ0) is 24.0. The lowest BCUT2D eigenvalue weighted by molar-refractivity contribution is -0.150. The number of carbonyl (C=O) groups excluding carboxylic acids is 2. The number of carboxylic acid groups (broad SMARTS) is 1. The minimum atomic E-state index is -1.21. The van der Waals surface area contributed by atoms with Crippen LogP contribution in [0.25, 0.3) is 9.40 Å². The minimum absolute atomic E-state index is 0.0839. The Bertz CT molecular complexity index is 1420. The fourth-order valence-corrected chi connectivity index (χ4v) is 9.93. The predicted octanol–water partition coefficient (Wildman–Crippen LogP) is 4.12. The molecule has 12 heteroatoms. The Morgan fingerprint density at radius 2 is 1.94 bits per heavy atom. The van der Waals surface area contributed by atoms with E-state index in [4.69, 9.17) is 0 Å². The second kappa shape index (κ2) is 9.50. The summed E-state index contributed by atoms with van der Waals surface area (Å²) in [5.41, 5.74) is 0.621. The average molecular weight is 596 g/mol. The van der Waals surface area contributed by atoms with Gasteiger partial charge in [0.1, 0.15) is 17.1 Å². The molecule has 0 radical (unpaired) electrons. The van der Waals surface area contributed by atoms with E-state index >= 15 is 0 Å². The lowest BCUT2D eigenvalue weighted by Gasteiger charge is -2.49. The molecule has 1 aromatic carbocycles. The first-order valence-electron chi connectivity index (χ1n) is 9.97. The first-order valence-corrected chi connectivity index (χ1v) is 14.3. The van der Waals surface area contributed by atoms with Crippen molar-refractivity contribution in [2.75, 3.05) is 5.75 Å². The molecule has 0 spiro atoms. The summed E-state index contributed by atoms with van der Waals surface area (Å²) in [6, 6.07) is 11.7. The normalized spacial score (nSPS) is 19.7. The highest BCUT2D eigenvalue weighted by Gasteiger charge is 2.54. The molecule has 0 aliphatic carbocycles. The van der Waals surface area contributed by atoms with E-state index in [0.717, 1.165) is 13.4 Å². The smallest absolute Gasteiger partial charge is 0.353 e. The van der Waals surface area contributed by atoms with E-state index in [1.165, 1.54) is 57.2 Å². The van der Waals surface area contributed by atoms with Gasteiger partial charge in [0.15, 0.2) is 5.43 Å². The van der Waals surface area contributed by atoms with Crippen molar-refractivity contribution in [2.24, 2.45) is 0 Å². The highest BCUT2D eigenvalue weighted by Crippen LogP contribution is 2.46. The number of hydrogen-bond acceptors (Lipinski definition) is 8. The molecule has 2 aliphatic heterocycles. The van der Waals surface area contributed by atoms with E-state index in [0.29, 0.717) is 20.3 Å². The van der Waals surface area contributed by atoms with Gasteiger partial charge in [-0.2, -0.15) is 0 Å². The largest absolute Gasteiger partial charge is 0.477 e. The van der Waals surface area contributed by atoms with E-state index in [2.05, 4.69) is 21.2 Å². The summed E-state index contributed by atoms with van der Waals surface area (Å²) in [5.74, 6) is -1.58. The Morgan fingerprint density at radius 1 is 1.18 bits per heavy atom. The lowest BCUT2D eigenvalue weighted by Crippen LogP contribution is -2.70. The van der Waals surface area contributed by atoms with Crippen LogP contribution < -0.4 is 10.7 Å². The molecule has 34 heavy (non-hydrogen) atoms. The molecule has 2 aromatic heterocycles. The van der Waals surface area contributed by atoms with Crippen molar-refractivity contribution in [3.63, 3.8) is 0 Å². The number of benzene rings is 1. The van der Waals surface area contributed by atoms with E-state index in [1.807, 2.05) is 30.3 Å². The summed E-state index contributed by atoms with van der Waals surface area (Å²) in [6.45, 7) is 0. The third kappa shape index (κ3) is 4.44. The maximum absolute atomic E-state index is 12.9. The fourth-order valence-electron chi connectivity index (χ4n) is 3.75. The van der Waals surface area contributed by atoms with Crippen molar-refractivity contribution in [3.8, 4) is 0 Å². The Hall–Kier alpha value is -2.12. The van der Waals surface area contributed by atoms with Crippen LogP contribution in [0, 0.1) is 0 Å². The van der Waals surface area contributed by atoms with Crippen molar-refractivity contribution in [3.05, 3.63) is 72.6 Å². The topological polar surface area (TPSA) is 104 Å². The second-order valence-electron chi connectivity index (χ2n) is 7.48. The molecule has 7 nitrogen and oxygen atoms in total. The predicted molar refractivity (Wildman–Crippen MR) is 139 cm³/mol. The van der Waals surface area contributed by atoms with Gasteiger partial charge in [-0.1, -0.05) is 42.1 Å². The molecule has 0 saturated carbocycles. The number of thiophene rings is 1. The van der Waals surface area contributed by atoms with Gasteiger partial charge >= 0.3 is 5.97 Å². The highest BCUT2D eigenvalue weighted by atomic mass is 79.9. The van der Waals surface area contributed by atoms with Gasteiger partial charge in [0.2, 0.25) is 5.91 Å². The lowest BCUT2D eigenvalue weighted by atomic mass is 10.0. The van der Waals surface area contributed by atoms with Gasteiger partial charge in [-0.05, 0) is 27.6 Å². The van der Waals surface area contributed by atoms with Crippen LogP contribution >= 0.6 is 62.1 Å². The van der Waals surface area contributed by atoms with E-state index < -0.39 is 23.3 Å². The molecule has 5 rings (SSSR count). The quantitative estimate of drug-likeness (QED) is 0.414. The standard InChI is InChI=1S/C22H15BrN2O5S4/c23-14-7-11-12(26)8-16(34-22(11)33-14)32-13-9-31-20-17(19(28)25(20)18(13)21(29)30)24-15(27)6-10-4-2-1-3-5-10/h1-5,7-8,17,20H,6,9H2,(H,24,27)(H,29,30)/t17?,20-/m0/s1. The molecule has 2 N–H and O–H groups in total. The summed E-state index contributed by atoms with van der Waals surface area (Å²) in [5, 5.41) is 12.8. The Kier molecular flexibility index (Phi) is 6.60. The van der Waals surface area contributed by atoms with Crippen molar-refractivity contribution < 1.29 is 19.5 Å². The summed E-state index contributed by atoms with van der Waals surface area (Å²) in [6.07, 6.45) is 0.144. The van der Waals surface area contributed by atoms with Gasteiger partial charge in [0.05, 0.1) is 23.8 Å². The molecule has 1 fully saturated rings. The number of amides is 2. The zero-order valence-electron chi connectivity index (χ0n) is 17.1. The van der Waals surface area contributed by atoms with Crippen LogP contribution in [-0.4, -0.2) is 45.0 Å². The maximum atomic E-state index is 12.9. The number of nitrogens with zero attached hydrogens (tertiary/aromatic N) is 1. The third-order valence-electron chi connectivity index (χ3n) is 5.26. The molecule has 1 unspecified atom stereocenters. The number of halogens is 1. The molecule has 2 amide bonds. The molecule has 174 valence electrons. The van der Waals surface area contributed by atoms with Crippen LogP contribution in [0.5, 0.6) is 0 Å². The van der Waals surface area contributed by atoms with E-state index in [-0.39, 0.29) is 23.5 Å². The molecular weight excluding hydrogens is 580 g/mol. The second-order valence-corrected chi connectivity index (χ2v) is 13.7. The molecule has 0 bridgehead atoms. The Morgan fingerprint density at radius 3 is 2.68 bits per heavy atom. The zero-order valence-corrected chi connectivity index (χ0v) is 22.0. The van der Waals surface area contributed by atoms with Crippen LogP contribution in [0.15, 0.2) is 65.9 Å². The van der Waals surface area contributed by atoms with Gasteiger partial charge in [-0.3, -0.25) is 19.3 Å². The number of carbonyl (C=O) groups is 3. The fraction of sp³-hybridized carbons (Fsp3) is 0.182. The minimum Gasteiger partial charge on any atom is -0.477 e. The first kappa shape index (κ1) is 23.6. The third-order valence-corrected chi connectivity index (χ3v) is 10.8. The molecule has 3 aromatic rings. The van der Waals surface area contributed by atoms with Crippen LogP contribution in [0.4, 0.5) is 0 Å². The number of hydrogen-bond donors (Lipinski definition) is 2. The number of β-lactam (4-membered cyclic amide) rings is 1. The number of carboxylic acids is 1. The van der Waals surface area contributed by atoms with Crippen molar-refractivity contribution in [1.82, 2.24) is 10.2 Å². The average Bonchev–Trinajstić information content (AvgIpc) is 3.18. The Labute approximate surface area is 218 Å².